The fourth-order valence-electron chi connectivity index (χ4n) is 8.66. The summed E-state index contributed by atoms with van der Waals surface area (Å²) in [6, 6.07) is 8.71. The van der Waals surface area contributed by atoms with E-state index in [1.165, 1.54) is 24.3 Å². The van der Waals surface area contributed by atoms with Crippen molar-refractivity contribution in [3.05, 3.63) is 83.6 Å². The van der Waals surface area contributed by atoms with Crippen LogP contribution >= 0.6 is 0 Å². The number of carbonyl (C=O) groups is 1. The summed E-state index contributed by atoms with van der Waals surface area (Å²) in [5.41, 5.74) is 2.16. The molecule has 20 nitrogen and oxygen atoms in total. The van der Waals surface area contributed by atoms with Gasteiger partial charge in [-0.2, -0.15) is 29.8 Å². The Hall–Kier alpha value is -3.95. The van der Waals surface area contributed by atoms with Crippen LogP contribution in [0.4, 0.5) is 11.4 Å². The highest BCUT2D eigenvalue weighted by Crippen LogP contribution is 2.51. The van der Waals surface area contributed by atoms with Crippen LogP contribution in [0.25, 0.3) is 0 Å². The van der Waals surface area contributed by atoms with Crippen molar-refractivity contribution < 1.29 is 86.5 Å². The van der Waals surface area contributed by atoms with Crippen molar-refractivity contribution in [1.82, 2.24) is 0 Å². The Bertz CT molecular complexity index is 2530. The SMILES string of the molecule is COCCOCCOCCOCCOCCOCCC1(C)C(=CC=CC=CC2=[N+](CCCCCC(=O)O)c3ccc(S(=O)(=O)O)cc3C2(C)CCCS(=O)(=O)O)N(CCOC)c2ccc(S(=O)(=O)O)cc21. The predicted octanol–water partition coefficient (Wildman–Crippen LogP) is 5.39. The lowest BCUT2D eigenvalue weighted by Crippen LogP contribution is -2.32. The van der Waals surface area contributed by atoms with Gasteiger partial charge in [0, 0.05) is 74.7 Å². The normalized spacial score (nSPS) is 19.0. The molecule has 0 radical (unpaired) electrons. The maximum Gasteiger partial charge on any atom is 0.303 e. The summed E-state index contributed by atoms with van der Waals surface area (Å²) in [7, 11) is -10.3. The maximum atomic E-state index is 12.4. The van der Waals surface area contributed by atoms with E-state index in [4.69, 9.17) is 33.2 Å². The molecule has 398 valence electrons. The van der Waals surface area contributed by atoms with Gasteiger partial charge in [0.1, 0.15) is 6.54 Å². The highest BCUT2D eigenvalue weighted by atomic mass is 32.2. The first-order valence-corrected chi connectivity index (χ1v) is 27.9. The van der Waals surface area contributed by atoms with E-state index >= 15 is 0 Å². The Labute approximate surface area is 418 Å². The van der Waals surface area contributed by atoms with Gasteiger partial charge >= 0.3 is 5.97 Å². The van der Waals surface area contributed by atoms with Crippen LogP contribution in [0.1, 0.15) is 69.9 Å². The first-order chi connectivity index (χ1) is 33.7. The molecule has 2 unspecified atom stereocenters. The monoisotopic (exact) mass is 1060 g/mol. The topological polar surface area (TPSA) is 271 Å². The number of benzene rings is 2. The molecule has 4 rings (SSSR count). The number of fused-ring (bicyclic) bond motifs is 2. The fraction of sp³-hybridized carbons (Fsp3) is 0.583. The van der Waals surface area contributed by atoms with Crippen LogP contribution in [0, 0.1) is 0 Å². The van der Waals surface area contributed by atoms with Gasteiger partial charge in [-0.3, -0.25) is 18.5 Å². The molecule has 2 aliphatic heterocycles. The molecule has 2 aromatic rings. The number of hydrogen-bond acceptors (Lipinski definition) is 15. The highest BCUT2D eigenvalue weighted by molar-refractivity contribution is 7.86. The van der Waals surface area contributed by atoms with E-state index in [0.29, 0.717) is 127 Å². The average molecular weight is 1060 g/mol. The largest absolute Gasteiger partial charge is 0.481 e. The second-order valence-electron chi connectivity index (χ2n) is 17.3. The van der Waals surface area contributed by atoms with Gasteiger partial charge in [-0.25, -0.2) is 0 Å². The second-order valence-corrected chi connectivity index (χ2v) is 21.8. The molecule has 2 heterocycles. The maximum absolute atomic E-state index is 12.4. The number of rotatable bonds is 36. The molecular formula is C48H71N2O18S3+. The first-order valence-electron chi connectivity index (χ1n) is 23.4. The minimum atomic E-state index is -4.62. The molecule has 0 spiro atoms. The summed E-state index contributed by atoms with van der Waals surface area (Å²) in [5, 5.41) is 9.18. The molecule has 2 aromatic carbocycles. The number of unbranched alkanes of at least 4 members (excludes halogenated alkanes) is 2. The fourth-order valence-corrected chi connectivity index (χ4v) is 10.2. The van der Waals surface area contributed by atoms with E-state index in [1.54, 1.807) is 38.5 Å². The van der Waals surface area contributed by atoms with Gasteiger partial charge in [0.05, 0.1) is 93.6 Å². The van der Waals surface area contributed by atoms with Crippen LogP contribution in [0.3, 0.4) is 0 Å². The quantitative estimate of drug-likeness (QED) is 0.0288. The number of allylic oxidation sites excluding steroid dienone is 6. The molecule has 0 aliphatic carbocycles. The number of carboxylic acids is 1. The molecule has 0 fully saturated rings. The van der Waals surface area contributed by atoms with Crippen LogP contribution in [-0.4, -0.2) is 173 Å². The Morgan fingerprint density at radius 2 is 1.18 bits per heavy atom. The van der Waals surface area contributed by atoms with Crippen molar-refractivity contribution in [3.8, 4) is 0 Å². The second kappa shape index (κ2) is 28.5. The number of anilines is 1. The van der Waals surface area contributed by atoms with Crippen molar-refractivity contribution in [2.45, 2.75) is 79.4 Å². The molecule has 4 N–H and O–H groups in total. The van der Waals surface area contributed by atoms with Gasteiger partial charge in [0.2, 0.25) is 5.69 Å². The molecule has 71 heavy (non-hydrogen) atoms. The van der Waals surface area contributed by atoms with E-state index in [9.17, 15) is 48.8 Å². The molecular weight excluding hydrogens is 989 g/mol. The smallest absolute Gasteiger partial charge is 0.303 e. The van der Waals surface area contributed by atoms with Crippen molar-refractivity contribution >= 4 is 53.4 Å². The number of carboxylic acid groups (broad SMARTS) is 1. The third-order valence-corrected chi connectivity index (χ3v) is 14.8. The summed E-state index contributed by atoms with van der Waals surface area (Å²) in [6.45, 7) is 9.34. The number of methoxy groups -OCH3 is 2. The van der Waals surface area contributed by atoms with Crippen LogP contribution in [0.15, 0.2) is 82.3 Å². The van der Waals surface area contributed by atoms with E-state index in [0.717, 1.165) is 11.4 Å². The molecule has 0 aromatic heterocycles. The summed E-state index contributed by atoms with van der Waals surface area (Å²) in [6.07, 6.45) is 11.3. The Morgan fingerprint density at radius 3 is 1.73 bits per heavy atom. The van der Waals surface area contributed by atoms with Crippen LogP contribution in [-0.2, 0) is 79.1 Å². The third kappa shape index (κ3) is 18.2. The lowest BCUT2D eigenvalue weighted by atomic mass is 9.76. The molecule has 0 saturated carbocycles. The van der Waals surface area contributed by atoms with Crippen molar-refractivity contribution in [2.75, 3.05) is 117 Å². The third-order valence-electron chi connectivity index (χ3n) is 12.3. The molecule has 2 atom stereocenters. The summed E-state index contributed by atoms with van der Waals surface area (Å²) < 4.78 is 143. The molecule has 0 amide bonds. The Kier molecular flexibility index (Phi) is 23.9. The van der Waals surface area contributed by atoms with Crippen molar-refractivity contribution in [3.63, 3.8) is 0 Å². The molecule has 23 heteroatoms. The number of ether oxygens (including phenoxy) is 7. The lowest BCUT2D eigenvalue weighted by molar-refractivity contribution is -0.438. The standard InChI is InChI=1S/C48H70N2O18S3/c1-47(19-11-35-69(53,54)55)40-36-38(70(56,57)58)15-17-42(40)49(21-10-6-9-14-46(51)52)44(47)12-7-5-8-13-45-48(2,41-37-39(71(59,60)61)16-18-43(41)50(45)22-24-62-3)20-23-64-27-28-66-31-32-68-34-33-67-30-29-65-26-25-63-4/h5,7-8,12-13,15-18,36-37H,6,9-11,14,19-35H2,1-4H3,(H3-,51,52,53,54,55,56,57,58,59,60,61)/p+1. The van der Waals surface area contributed by atoms with E-state index < -0.39 is 52.9 Å². The number of nitrogens with zero attached hydrogens (tertiary/aromatic N) is 2. The van der Waals surface area contributed by atoms with Crippen molar-refractivity contribution in [1.29, 1.82) is 0 Å². The zero-order valence-electron chi connectivity index (χ0n) is 41.0. The average Bonchev–Trinajstić information content (AvgIpc) is 3.67. The zero-order chi connectivity index (χ0) is 52.1. The highest BCUT2D eigenvalue weighted by Gasteiger charge is 2.48. The van der Waals surface area contributed by atoms with Gasteiger partial charge < -0.3 is 43.2 Å². The van der Waals surface area contributed by atoms with Gasteiger partial charge in [-0.05, 0) is 87.9 Å². The summed E-state index contributed by atoms with van der Waals surface area (Å²) in [5.74, 6) is -1.45. The molecule has 2 aliphatic rings. The van der Waals surface area contributed by atoms with Crippen LogP contribution in [0.5, 0.6) is 0 Å². The van der Waals surface area contributed by atoms with Crippen LogP contribution in [0.2, 0.25) is 0 Å². The van der Waals surface area contributed by atoms with E-state index in [2.05, 4.69) is 0 Å². The van der Waals surface area contributed by atoms with Gasteiger partial charge in [0.25, 0.3) is 30.4 Å². The van der Waals surface area contributed by atoms with Crippen molar-refractivity contribution in [2.24, 2.45) is 0 Å². The number of aliphatic carboxylic acids is 1. The summed E-state index contributed by atoms with van der Waals surface area (Å²) >= 11 is 0. The Morgan fingerprint density at radius 1 is 0.634 bits per heavy atom. The predicted molar refractivity (Wildman–Crippen MR) is 265 cm³/mol. The minimum Gasteiger partial charge on any atom is -0.481 e. The lowest BCUT2D eigenvalue weighted by Gasteiger charge is -2.30. The molecule has 0 bridgehead atoms. The van der Waals surface area contributed by atoms with E-state index in [-0.39, 0.29) is 42.3 Å². The van der Waals surface area contributed by atoms with Gasteiger partial charge in [-0.15, -0.1) is 0 Å². The zero-order valence-corrected chi connectivity index (χ0v) is 43.5. The number of hydrogen-bond donors (Lipinski definition) is 4. The molecule has 0 saturated heterocycles. The van der Waals surface area contributed by atoms with Gasteiger partial charge in [-0.1, -0.05) is 18.2 Å². The minimum absolute atomic E-state index is 0.00247. The Balaban J connectivity index is 1.58. The van der Waals surface area contributed by atoms with E-state index in [1.807, 2.05) is 41.6 Å². The first kappa shape index (κ1) is 59.6. The van der Waals surface area contributed by atoms with Crippen LogP contribution < -0.4 is 4.90 Å². The summed E-state index contributed by atoms with van der Waals surface area (Å²) in [4.78, 5) is 12.6. The van der Waals surface area contributed by atoms with Gasteiger partial charge in [0.15, 0.2) is 5.71 Å².